The summed E-state index contributed by atoms with van der Waals surface area (Å²) in [6.07, 6.45) is 1.50. The Balaban J connectivity index is 1.76. The highest BCUT2D eigenvalue weighted by Crippen LogP contribution is 2.27. The number of carbonyl (C=O) groups excluding carboxylic acids is 1. The van der Waals surface area contributed by atoms with Gasteiger partial charge in [-0.2, -0.15) is 0 Å². The molecule has 0 bridgehead atoms. The van der Waals surface area contributed by atoms with Gasteiger partial charge in [-0.25, -0.2) is 9.97 Å². The van der Waals surface area contributed by atoms with Gasteiger partial charge in [0.25, 0.3) is 0 Å². The number of aromatic nitrogens is 2. The Morgan fingerprint density at radius 2 is 1.64 bits per heavy atom. The van der Waals surface area contributed by atoms with Crippen molar-refractivity contribution in [2.75, 3.05) is 10.6 Å². The Morgan fingerprint density at radius 1 is 0.960 bits per heavy atom. The average Bonchev–Trinajstić information content (AvgIpc) is 2.58. The maximum absolute atomic E-state index is 11.3. The summed E-state index contributed by atoms with van der Waals surface area (Å²) in [6, 6.07) is 15.2. The zero-order valence-corrected chi connectivity index (χ0v) is 15.5. The first-order chi connectivity index (χ1) is 12.0. The van der Waals surface area contributed by atoms with Crippen molar-refractivity contribution in [1.29, 1.82) is 0 Å². The molecule has 1 heterocycles. The van der Waals surface area contributed by atoms with E-state index in [1.54, 1.807) is 19.1 Å². The van der Waals surface area contributed by atoms with E-state index in [-0.39, 0.29) is 5.78 Å². The first-order valence-electron chi connectivity index (χ1n) is 7.74. The summed E-state index contributed by atoms with van der Waals surface area (Å²) in [6.45, 7) is 3.59. The van der Waals surface area contributed by atoms with Crippen LogP contribution < -0.4 is 10.6 Å². The van der Waals surface area contributed by atoms with Crippen LogP contribution in [0.15, 0.2) is 59.3 Å². The normalized spacial score (nSPS) is 10.4. The van der Waals surface area contributed by atoms with E-state index in [1.807, 2.05) is 43.3 Å². The minimum Gasteiger partial charge on any atom is -0.340 e. The fourth-order valence-electron chi connectivity index (χ4n) is 2.29. The van der Waals surface area contributed by atoms with Gasteiger partial charge in [0, 0.05) is 21.8 Å². The number of nitrogens with one attached hydrogen (secondary N) is 2. The van der Waals surface area contributed by atoms with E-state index in [4.69, 9.17) is 0 Å². The molecule has 0 aliphatic heterocycles. The first-order valence-corrected chi connectivity index (χ1v) is 8.54. The SMILES string of the molecule is CC(=O)c1ccc(Nc2cc(Nc3ccc(C)cc3Br)ncn2)cc1. The van der Waals surface area contributed by atoms with Crippen molar-refractivity contribution in [3.05, 3.63) is 70.5 Å². The molecule has 25 heavy (non-hydrogen) atoms. The molecule has 0 radical (unpaired) electrons. The number of hydrogen-bond acceptors (Lipinski definition) is 5. The van der Waals surface area contributed by atoms with Crippen molar-refractivity contribution in [1.82, 2.24) is 9.97 Å². The molecule has 0 aliphatic carbocycles. The second-order valence-electron chi connectivity index (χ2n) is 5.66. The molecule has 2 N–H and O–H groups in total. The molecule has 0 saturated carbocycles. The molecule has 126 valence electrons. The van der Waals surface area contributed by atoms with Gasteiger partial charge in [-0.05, 0) is 71.7 Å². The van der Waals surface area contributed by atoms with Gasteiger partial charge >= 0.3 is 0 Å². The largest absolute Gasteiger partial charge is 0.340 e. The van der Waals surface area contributed by atoms with Crippen molar-refractivity contribution in [2.24, 2.45) is 0 Å². The van der Waals surface area contributed by atoms with E-state index in [2.05, 4.69) is 36.5 Å². The lowest BCUT2D eigenvalue weighted by Crippen LogP contribution is -1.99. The fraction of sp³-hybridized carbons (Fsp3) is 0.105. The van der Waals surface area contributed by atoms with Crippen LogP contribution in [0.4, 0.5) is 23.0 Å². The van der Waals surface area contributed by atoms with E-state index in [0.29, 0.717) is 17.2 Å². The van der Waals surface area contributed by atoms with Gasteiger partial charge in [-0.1, -0.05) is 6.07 Å². The molecule has 0 atom stereocenters. The molecule has 5 nitrogen and oxygen atoms in total. The van der Waals surface area contributed by atoms with Gasteiger partial charge in [0.15, 0.2) is 5.78 Å². The van der Waals surface area contributed by atoms with Gasteiger partial charge in [-0.15, -0.1) is 0 Å². The number of Topliss-reactive ketones (excluding diaryl/α,β-unsaturated/α-hetero) is 1. The Labute approximate surface area is 154 Å². The third-order valence-corrected chi connectivity index (χ3v) is 4.27. The zero-order valence-electron chi connectivity index (χ0n) is 13.9. The number of rotatable bonds is 5. The molecular weight excluding hydrogens is 380 g/mol. The molecule has 0 saturated heterocycles. The van der Waals surface area contributed by atoms with Gasteiger partial charge in [-0.3, -0.25) is 4.79 Å². The molecule has 0 amide bonds. The predicted molar refractivity (Wildman–Crippen MR) is 104 cm³/mol. The number of anilines is 4. The third-order valence-electron chi connectivity index (χ3n) is 3.62. The molecule has 2 aromatic carbocycles. The maximum Gasteiger partial charge on any atom is 0.159 e. The van der Waals surface area contributed by atoms with Crippen molar-refractivity contribution in [3.8, 4) is 0 Å². The van der Waals surface area contributed by atoms with Crippen LogP contribution in [-0.2, 0) is 0 Å². The zero-order chi connectivity index (χ0) is 17.8. The number of aryl methyl sites for hydroxylation is 1. The van der Waals surface area contributed by atoms with Gasteiger partial charge < -0.3 is 10.6 Å². The summed E-state index contributed by atoms with van der Waals surface area (Å²) in [7, 11) is 0. The summed E-state index contributed by atoms with van der Waals surface area (Å²) in [4.78, 5) is 19.8. The quantitative estimate of drug-likeness (QED) is 0.577. The minimum atomic E-state index is 0.0451. The van der Waals surface area contributed by atoms with Gasteiger partial charge in [0.1, 0.15) is 18.0 Å². The number of ketones is 1. The van der Waals surface area contributed by atoms with Crippen molar-refractivity contribution < 1.29 is 4.79 Å². The van der Waals surface area contributed by atoms with E-state index in [1.165, 1.54) is 11.9 Å². The van der Waals surface area contributed by atoms with Crippen LogP contribution in [0.1, 0.15) is 22.8 Å². The fourth-order valence-corrected chi connectivity index (χ4v) is 2.88. The highest BCUT2D eigenvalue weighted by atomic mass is 79.9. The van der Waals surface area contributed by atoms with Crippen LogP contribution in [0.3, 0.4) is 0 Å². The van der Waals surface area contributed by atoms with Crippen LogP contribution in [0, 0.1) is 6.92 Å². The van der Waals surface area contributed by atoms with Crippen molar-refractivity contribution in [2.45, 2.75) is 13.8 Å². The van der Waals surface area contributed by atoms with Gasteiger partial charge in [0.05, 0.1) is 5.69 Å². The predicted octanol–water partition coefficient (Wildman–Crippen LogP) is 5.24. The summed E-state index contributed by atoms with van der Waals surface area (Å²) < 4.78 is 0.973. The minimum absolute atomic E-state index is 0.0451. The lowest BCUT2D eigenvalue weighted by atomic mass is 10.1. The molecule has 1 aromatic heterocycles. The van der Waals surface area contributed by atoms with E-state index in [0.717, 1.165) is 15.8 Å². The Hall–Kier alpha value is -2.73. The summed E-state index contributed by atoms with van der Waals surface area (Å²) in [5.41, 5.74) is 3.64. The number of nitrogens with zero attached hydrogens (tertiary/aromatic N) is 2. The smallest absolute Gasteiger partial charge is 0.159 e. The third kappa shape index (κ3) is 4.42. The Bertz CT molecular complexity index is 910. The summed E-state index contributed by atoms with van der Waals surface area (Å²) in [5.74, 6) is 1.39. The number of benzene rings is 2. The second-order valence-corrected chi connectivity index (χ2v) is 6.51. The highest BCUT2D eigenvalue weighted by molar-refractivity contribution is 9.10. The van der Waals surface area contributed by atoms with Crippen molar-refractivity contribution in [3.63, 3.8) is 0 Å². The highest BCUT2D eigenvalue weighted by Gasteiger charge is 2.04. The first kappa shape index (κ1) is 17.1. The molecule has 0 fully saturated rings. The number of halogens is 1. The van der Waals surface area contributed by atoms with Crippen LogP contribution in [0.25, 0.3) is 0 Å². The number of hydrogen-bond donors (Lipinski definition) is 2. The molecule has 0 unspecified atom stereocenters. The average molecular weight is 397 g/mol. The molecular formula is C19H17BrN4O. The monoisotopic (exact) mass is 396 g/mol. The standard InChI is InChI=1S/C19H17BrN4O/c1-12-3-8-17(16(20)9-12)24-19-10-18(21-11-22-19)23-15-6-4-14(5-7-15)13(2)25/h3-11H,1-2H3,(H2,21,22,23,24). The van der Waals surface area contributed by atoms with E-state index in [9.17, 15) is 4.79 Å². The molecule has 3 rings (SSSR count). The summed E-state index contributed by atoms with van der Waals surface area (Å²) >= 11 is 3.55. The molecule has 0 aliphatic rings. The second kappa shape index (κ2) is 7.44. The molecule has 3 aromatic rings. The molecule has 6 heteroatoms. The Kier molecular flexibility index (Phi) is 5.09. The van der Waals surface area contributed by atoms with E-state index >= 15 is 0 Å². The Morgan fingerprint density at radius 3 is 2.28 bits per heavy atom. The van der Waals surface area contributed by atoms with Crippen LogP contribution in [0.2, 0.25) is 0 Å². The number of carbonyl (C=O) groups is 1. The maximum atomic E-state index is 11.3. The van der Waals surface area contributed by atoms with E-state index < -0.39 is 0 Å². The van der Waals surface area contributed by atoms with Gasteiger partial charge in [0.2, 0.25) is 0 Å². The summed E-state index contributed by atoms with van der Waals surface area (Å²) in [5, 5.41) is 6.47. The van der Waals surface area contributed by atoms with Crippen LogP contribution in [0.5, 0.6) is 0 Å². The van der Waals surface area contributed by atoms with Crippen LogP contribution in [-0.4, -0.2) is 15.8 Å². The lowest BCUT2D eigenvalue weighted by Gasteiger charge is -2.10. The molecule has 0 spiro atoms. The van der Waals surface area contributed by atoms with Crippen molar-refractivity contribution >= 4 is 44.7 Å². The topological polar surface area (TPSA) is 66.9 Å². The van der Waals surface area contributed by atoms with Crippen LogP contribution >= 0.6 is 15.9 Å². The lowest BCUT2D eigenvalue weighted by molar-refractivity contribution is 0.101.